The molecule has 1 saturated heterocycles. The Hall–Kier alpha value is -1.00. The van der Waals surface area contributed by atoms with Crippen LogP contribution in [-0.4, -0.2) is 34.5 Å². The van der Waals surface area contributed by atoms with Crippen LogP contribution in [0.5, 0.6) is 0 Å². The third-order valence-electron chi connectivity index (χ3n) is 2.45. The van der Waals surface area contributed by atoms with Crippen molar-refractivity contribution in [1.29, 1.82) is 0 Å². The minimum Gasteiger partial charge on any atom is -0.395 e. The monoisotopic (exact) mass is 179 g/mol. The predicted molar refractivity (Wildman–Crippen MR) is 48.3 cm³/mol. The fraction of sp³-hybridized carbons (Fsp3) is 0.556. The zero-order valence-electron chi connectivity index (χ0n) is 7.35. The smallest absolute Gasteiger partial charge is 0.0675 e. The molecule has 0 radical (unpaired) electrons. The molecule has 4 nitrogen and oxygen atoms in total. The molecule has 4 heteroatoms. The Morgan fingerprint density at radius 3 is 3.15 bits per heavy atom. The lowest BCUT2D eigenvalue weighted by Crippen LogP contribution is -2.24. The van der Waals surface area contributed by atoms with Crippen molar-refractivity contribution in [2.75, 3.05) is 13.2 Å². The summed E-state index contributed by atoms with van der Waals surface area (Å²) in [6.07, 6.45) is 2.63. The molecule has 0 aromatic carbocycles. The Balaban J connectivity index is 2.04. The molecule has 1 aliphatic heterocycles. The molecule has 1 aromatic heterocycles. The van der Waals surface area contributed by atoms with Crippen LogP contribution >= 0.6 is 0 Å². The second kappa shape index (κ2) is 3.81. The van der Waals surface area contributed by atoms with Gasteiger partial charge in [0.2, 0.25) is 0 Å². The maximum absolute atomic E-state index is 8.93. The summed E-state index contributed by atoms with van der Waals surface area (Å²) in [7, 11) is 0. The Labute approximate surface area is 77.0 Å². The standard InChI is InChI=1S/C9H13N3O/c13-6-8-4-7(5-10-8)9-2-1-3-11-12-9/h1-3,7-8,10,13H,4-6H2. The molecule has 70 valence electrons. The van der Waals surface area contributed by atoms with Gasteiger partial charge in [-0.2, -0.15) is 10.2 Å². The van der Waals surface area contributed by atoms with Crippen molar-refractivity contribution in [3.8, 4) is 0 Å². The minimum absolute atomic E-state index is 0.205. The zero-order chi connectivity index (χ0) is 9.10. The van der Waals surface area contributed by atoms with E-state index < -0.39 is 0 Å². The molecule has 0 spiro atoms. The quantitative estimate of drug-likeness (QED) is 0.666. The molecule has 2 rings (SSSR count). The van der Waals surface area contributed by atoms with E-state index in [2.05, 4.69) is 15.5 Å². The first kappa shape index (κ1) is 8.59. The van der Waals surface area contributed by atoms with Crippen molar-refractivity contribution < 1.29 is 5.11 Å². The van der Waals surface area contributed by atoms with Gasteiger partial charge in [0.1, 0.15) is 0 Å². The van der Waals surface area contributed by atoms with E-state index in [4.69, 9.17) is 5.11 Å². The molecule has 1 aromatic rings. The summed E-state index contributed by atoms with van der Waals surface area (Å²) >= 11 is 0. The average Bonchev–Trinajstić information content (AvgIpc) is 2.67. The molecule has 0 saturated carbocycles. The molecule has 2 heterocycles. The highest BCUT2D eigenvalue weighted by Gasteiger charge is 2.25. The van der Waals surface area contributed by atoms with E-state index in [-0.39, 0.29) is 12.6 Å². The third kappa shape index (κ3) is 1.84. The van der Waals surface area contributed by atoms with E-state index in [0.29, 0.717) is 5.92 Å². The van der Waals surface area contributed by atoms with Crippen molar-refractivity contribution in [3.63, 3.8) is 0 Å². The Kier molecular flexibility index (Phi) is 2.52. The van der Waals surface area contributed by atoms with Crippen LogP contribution in [-0.2, 0) is 0 Å². The van der Waals surface area contributed by atoms with Crippen LogP contribution in [0.4, 0.5) is 0 Å². The van der Waals surface area contributed by atoms with E-state index in [9.17, 15) is 0 Å². The maximum atomic E-state index is 8.93. The van der Waals surface area contributed by atoms with Gasteiger partial charge in [0.15, 0.2) is 0 Å². The fourth-order valence-electron chi connectivity index (χ4n) is 1.71. The number of aliphatic hydroxyl groups excluding tert-OH is 1. The number of hydrogen-bond donors (Lipinski definition) is 2. The van der Waals surface area contributed by atoms with E-state index in [0.717, 1.165) is 18.7 Å². The highest BCUT2D eigenvalue weighted by Crippen LogP contribution is 2.22. The number of aromatic nitrogens is 2. The van der Waals surface area contributed by atoms with E-state index in [1.54, 1.807) is 6.20 Å². The summed E-state index contributed by atoms with van der Waals surface area (Å²) in [6, 6.07) is 4.11. The van der Waals surface area contributed by atoms with Gasteiger partial charge in [0.05, 0.1) is 12.3 Å². The van der Waals surface area contributed by atoms with Crippen molar-refractivity contribution in [3.05, 3.63) is 24.0 Å². The highest BCUT2D eigenvalue weighted by molar-refractivity contribution is 5.10. The molecule has 0 amide bonds. The Morgan fingerprint density at radius 1 is 1.62 bits per heavy atom. The first-order chi connectivity index (χ1) is 6.40. The van der Waals surface area contributed by atoms with Crippen molar-refractivity contribution in [2.45, 2.75) is 18.4 Å². The summed E-state index contributed by atoms with van der Waals surface area (Å²) in [5, 5.41) is 20.1. The maximum Gasteiger partial charge on any atom is 0.0675 e. The second-order valence-corrected chi connectivity index (χ2v) is 3.37. The van der Waals surface area contributed by atoms with Gasteiger partial charge < -0.3 is 10.4 Å². The SMILES string of the molecule is OCC1CC(c2cccnn2)CN1. The summed E-state index contributed by atoms with van der Waals surface area (Å²) in [5.74, 6) is 0.408. The largest absolute Gasteiger partial charge is 0.395 e. The van der Waals surface area contributed by atoms with E-state index >= 15 is 0 Å². The first-order valence-corrected chi connectivity index (χ1v) is 4.52. The molecule has 2 unspecified atom stereocenters. The van der Waals surface area contributed by atoms with Gasteiger partial charge in [-0.1, -0.05) is 0 Å². The number of hydrogen-bond acceptors (Lipinski definition) is 4. The van der Waals surface area contributed by atoms with Gasteiger partial charge in [-0.3, -0.25) is 0 Å². The number of nitrogens with zero attached hydrogens (tertiary/aromatic N) is 2. The average molecular weight is 179 g/mol. The highest BCUT2D eigenvalue weighted by atomic mass is 16.3. The summed E-state index contributed by atoms with van der Waals surface area (Å²) < 4.78 is 0. The van der Waals surface area contributed by atoms with Crippen molar-refractivity contribution in [2.24, 2.45) is 0 Å². The van der Waals surface area contributed by atoms with Gasteiger partial charge in [-0.25, -0.2) is 0 Å². The molecule has 0 aliphatic carbocycles. The topological polar surface area (TPSA) is 58.0 Å². The summed E-state index contributed by atoms with van der Waals surface area (Å²) in [4.78, 5) is 0. The van der Waals surface area contributed by atoms with Gasteiger partial charge >= 0.3 is 0 Å². The van der Waals surface area contributed by atoms with Crippen molar-refractivity contribution >= 4 is 0 Å². The molecule has 1 aliphatic rings. The van der Waals surface area contributed by atoms with Gasteiger partial charge in [-0.05, 0) is 18.6 Å². The van der Waals surface area contributed by atoms with Gasteiger partial charge in [0.25, 0.3) is 0 Å². The van der Waals surface area contributed by atoms with Crippen LogP contribution in [0.1, 0.15) is 18.0 Å². The molecule has 2 N–H and O–H groups in total. The normalized spacial score (nSPS) is 27.8. The second-order valence-electron chi connectivity index (χ2n) is 3.37. The van der Waals surface area contributed by atoms with Gasteiger partial charge in [0, 0.05) is 24.7 Å². The van der Waals surface area contributed by atoms with E-state index in [1.165, 1.54) is 0 Å². The van der Waals surface area contributed by atoms with Crippen LogP contribution < -0.4 is 5.32 Å². The Bertz CT molecular complexity index is 265. The Morgan fingerprint density at radius 2 is 2.54 bits per heavy atom. The summed E-state index contributed by atoms with van der Waals surface area (Å²) in [6.45, 7) is 1.10. The van der Waals surface area contributed by atoms with Gasteiger partial charge in [-0.15, -0.1) is 0 Å². The molecule has 2 atom stereocenters. The minimum atomic E-state index is 0.205. The van der Waals surface area contributed by atoms with Crippen LogP contribution in [0.2, 0.25) is 0 Å². The predicted octanol–water partition coefficient (Wildman–Crippen LogP) is -0.0856. The number of rotatable bonds is 2. The molecular formula is C9H13N3O. The first-order valence-electron chi connectivity index (χ1n) is 4.52. The number of nitrogens with one attached hydrogen (secondary N) is 1. The lowest BCUT2D eigenvalue weighted by Gasteiger charge is -2.06. The molecular weight excluding hydrogens is 166 g/mol. The number of aliphatic hydroxyl groups is 1. The lowest BCUT2D eigenvalue weighted by molar-refractivity contribution is 0.254. The van der Waals surface area contributed by atoms with Crippen LogP contribution in [0.15, 0.2) is 18.3 Å². The summed E-state index contributed by atoms with van der Waals surface area (Å²) in [5.41, 5.74) is 1.02. The van der Waals surface area contributed by atoms with Crippen LogP contribution in [0.3, 0.4) is 0 Å². The van der Waals surface area contributed by atoms with Crippen LogP contribution in [0, 0.1) is 0 Å². The third-order valence-corrected chi connectivity index (χ3v) is 2.45. The van der Waals surface area contributed by atoms with Crippen LogP contribution in [0.25, 0.3) is 0 Å². The molecule has 0 bridgehead atoms. The van der Waals surface area contributed by atoms with Crippen molar-refractivity contribution in [1.82, 2.24) is 15.5 Å². The molecule has 13 heavy (non-hydrogen) atoms. The molecule has 1 fully saturated rings. The van der Waals surface area contributed by atoms with E-state index in [1.807, 2.05) is 12.1 Å². The lowest BCUT2D eigenvalue weighted by atomic mass is 10.0. The fourth-order valence-corrected chi connectivity index (χ4v) is 1.71. The zero-order valence-corrected chi connectivity index (χ0v) is 7.35.